The molecule has 0 aliphatic carbocycles. The molecule has 166 valence electrons. The van der Waals surface area contributed by atoms with Gasteiger partial charge in [-0.3, -0.25) is 4.79 Å². The second kappa shape index (κ2) is 9.87. The number of carbonyl (C=O) groups excluding carboxylic acids is 1. The summed E-state index contributed by atoms with van der Waals surface area (Å²) in [7, 11) is 0. The molecule has 1 heterocycles. The fourth-order valence-electron chi connectivity index (χ4n) is 3.11. The molecule has 0 unspecified atom stereocenters. The quantitative estimate of drug-likeness (QED) is 0.613. The van der Waals surface area contributed by atoms with Gasteiger partial charge in [-0.2, -0.15) is 0 Å². The van der Waals surface area contributed by atoms with E-state index in [0.717, 1.165) is 12.8 Å². The standard InChI is InChI=1S/C23H34N2O5/c1-7-8-11-29-20-18-12-16(26)9-10-17(18)21(27)25(13-15(2)3)19(20)14-30-22(28)24-23(4,5)6/h9-10,12,15,26H,7-8,11,13-14H2,1-6H3,(H,24,28). The lowest BCUT2D eigenvalue weighted by Gasteiger charge is -2.23. The molecular weight excluding hydrogens is 384 g/mol. The molecule has 2 aromatic rings. The minimum atomic E-state index is -0.568. The number of amides is 1. The molecule has 2 N–H and O–H groups in total. The fourth-order valence-corrected chi connectivity index (χ4v) is 3.11. The Morgan fingerprint density at radius 3 is 2.53 bits per heavy atom. The Kier molecular flexibility index (Phi) is 7.76. The van der Waals surface area contributed by atoms with E-state index in [1.807, 2.05) is 34.6 Å². The molecule has 1 amide bonds. The zero-order chi connectivity index (χ0) is 22.5. The third-order valence-corrected chi connectivity index (χ3v) is 4.42. The molecule has 7 nitrogen and oxygen atoms in total. The van der Waals surface area contributed by atoms with Crippen molar-refractivity contribution in [3.8, 4) is 11.5 Å². The molecule has 1 aromatic heterocycles. The van der Waals surface area contributed by atoms with E-state index in [4.69, 9.17) is 9.47 Å². The molecule has 0 saturated carbocycles. The lowest BCUT2D eigenvalue weighted by Crippen LogP contribution is -2.41. The third-order valence-electron chi connectivity index (χ3n) is 4.42. The molecule has 2 rings (SSSR count). The highest BCUT2D eigenvalue weighted by Crippen LogP contribution is 2.31. The van der Waals surface area contributed by atoms with E-state index in [1.54, 1.807) is 10.6 Å². The smallest absolute Gasteiger partial charge is 0.407 e. The molecule has 0 aliphatic heterocycles. The van der Waals surface area contributed by atoms with Crippen molar-refractivity contribution in [3.05, 3.63) is 34.2 Å². The van der Waals surface area contributed by atoms with Gasteiger partial charge in [0, 0.05) is 17.5 Å². The van der Waals surface area contributed by atoms with Crippen LogP contribution in [-0.2, 0) is 17.9 Å². The van der Waals surface area contributed by atoms with E-state index in [1.165, 1.54) is 12.1 Å². The van der Waals surface area contributed by atoms with Crippen molar-refractivity contribution in [3.63, 3.8) is 0 Å². The molecule has 0 atom stereocenters. The van der Waals surface area contributed by atoms with Crippen LogP contribution < -0.4 is 15.6 Å². The van der Waals surface area contributed by atoms with Gasteiger partial charge in [0.25, 0.3) is 5.56 Å². The van der Waals surface area contributed by atoms with Crippen LogP contribution in [0.25, 0.3) is 10.8 Å². The number of aromatic hydroxyl groups is 1. The molecule has 0 aliphatic rings. The number of pyridine rings is 1. The van der Waals surface area contributed by atoms with Crippen molar-refractivity contribution in [1.29, 1.82) is 0 Å². The van der Waals surface area contributed by atoms with Gasteiger partial charge in [0.05, 0.1) is 12.0 Å². The Bertz CT molecular complexity index is 941. The van der Waals surface area contributed by atoms with Crippen LogP contribution in [0, 0.1) is 5.92 Å². The maximum absolute atomic E-state index is 13.2. The van der Waals surface area contributed by atoms with Crippen LogP contribution in [0.5, 0.6) is 11.5 Å². The van der Waals surface area contributed by atoms with Crippen molar-refractivity contribution in [2.75, 3.05) is 6.61 Å². The Morgan fingerprint density at radius 2 is 1.93 bits per heavy atom. The van der Waals surface area contributed by atoms with Crippen LogP contribution in [0.2, 0.25) is 0 Å². The van der Waals surface area contributed by atoms with Crippen LogP contribution in [0.4, 0.5) is 4.79 Å². The first-order valence-electron chi connectivity index (χ1n) is 10.5. The second-order valence-corrected chi connectivity index (χ2v) is 8.97. The van der Waals surface area contributed by atoms with Gasteiger partial charge in [-0.1, -0.05) is 27.2 Å². The Labute approximate surface area is 178 Å². The van der Waals surface area contributed by atoms with Crippen molar-refractivity contribution in [1.82, 2.24) is 9.88 Å². The minimum Gasteiger partial charge on any atom is -0.508 e. The maximum Gasteiger partial charge on any atom is 0.407 e. The first-order chi connectivity index (χ1) is 14.0. The zero-order valence-corrected chi connectivity index (χ0v) is 18.9. The molecular formula is C23H34N2O5. The summed E-state index contributed by atoms with van der Waals surface area (Å²) < 4.78 is 13.1. The summed E-state index contributed by atoms with van der Waals surface area (Å²) in [4.78, 5) is 25.5. The van der Waals surface area contributed by atoms with Gasteiger partial charge in [-0.15, -0.1) is 0 Å². The first-order valence-corrected chi connectivity index (χ1v) is 10.5. The number of nitrogens with zero attached hydrogens (tertiary/aromatic N) is 1. The van der Waals surface area contributed by atoms with Crippen LogP contribution in [-0.4, -0.2) is 27.9 Å². The Hall–Kier alpha value is -2.70. The van der Waals surface area contributed by atoms with Crippen LogP contribution in [0.3, 0.4) is 0 Å². The van der Waals surface area contributed by atoms with Gasteiger partial charge in [0.1, 0.15) is 18.1 Å². The average molecular weight is 419 g/mol. The summed E-state index contributed by atoms with van der Waals surface area (Å²) in [5.74, 6) is 0.710. The molecule has 0 bridgehead atoms. The highest BCUT2D eigenvalue weighted by molar-refractivity contribution is 5.89. The van der Waals surface area contributed by atoms with Gasteiger partial charge in [-0.25, -0.2) is 4.79 Å². The number of phenols is 1. The monoisotopic (exact) mass is 418 g/mol. The molecule has 7 heteroatoms. The molecule has 0 fully saturated rings. The number of ether oxygens (including phenoxy) is 2. The molecule has 1 aromatic carbocycles. The second-order valence-electron chi connectivity index (χ2n) is 8.97. The number of aromatic nitrogens is 1. The number of hydrogen-bond acceptors (Lipinski definition) is 5. The number of unbranched alkanes of at least 4 members (excludes halogenated alkanes) is 1. The Balaban J connectivity index is 2.59. The Morgan fingerprint density at radius 1 is 1.23 bits per heavy atom. The van der Waals surface area contributed by atoms with Gasteiger partial charge < -0.3 is 24.5 Å². The summed E-state index contributed by atoms with van der Waals surface area (Å²) in [5, 5.41) is 13.7. The molecule has 0 saturated heterocycles. The van der Waals surface area contributed by atoms with Crippen LogP contribution in [0.1, 0.15) is 60.1 Å². The average Bonchev–Trinajstić information content (AvgIpc) is 2.62. The lowest BCUT2D eigenvalue weighted by molar-refractivity contribution is 0.126. The van der Waals surface area contributed by atoms with Crippen LogP contribution >= 0.6 is 0 Å². The number of nitrogens with one attached hydrogen (secondary N) is 1. The lowest BCUT2D eigenvalue weighted by atomic mass is 10.1. The first kappa shape index (κ1) is 23.6. The van der Waals surface area contributed by atoms with Gasteiger partial charge in [-0.05, 0) is 51.3 Å². The van der Waals surface area contributed by atoms with Crippen molar-refractivity contribution >= 4 is 16.9 Å². The third kappa shape index (κ3) is 6.15. The maximum atomic E-state index is 13.2. The van der Waals surface area contributed by atoms with Crippen molar-refractivity contribution < 1.29 is 19.4 Å². The summed E-state index contributed by atoms with van der Waals surface area (Å²) in [6.07, 6.45) is 1.23. The van der Waals surface area contributed by atoms with Gasteiger partial charge in [0.2, 0.25) is 0 Å². The number of phenolic OH excluding ortho intramolecular Hbond substituents is 1. The summed E-state index contributed by atoms with van der Waals surface area (Å²) in [5.41, 5.74) is -0.145. The van der Waals surface area contributed by atoms with Crippen molar-refractivity contribution in [2.24, 2.45) is 5.92 Å². The van der Waals surface area contributed by atoms with Gasteiger partial charge in [0.15, 0.2) is 5.75 Å². The number of rotatable bonds is 8. The van der Waals surface area contributed by atoms with E-state index in [-0.39, 0.29) is 23.8 Å². The highest BCUT2D eigenvalue weighted by atomic mass is 16.6. The van der Waals surface area contributed by atoms with E-state index in [0.29, 0.717) is 35.4 Å². The number of alkyl carbamates (subject to hydrolysis) is 1. The predicted molar refractivity (Wildman–Crippen MR) is 118 cm³/mol. The number of carbonyl (C=O) groups is 1. The normalized spacial score (nSPS) is 11.7. The minimum absolute atomic E-state index is 0.0428. The van der Waals surface area contributed by atoms with Crippen LogP contribution in [0.15, 0.2) is 23.0 Å². The van der Waals surface area contributed by atoms with E-state index < -0.39 is 11.6 Å². The molecule has 30 heavy (non-hydrogen) atoms. The van der Waals surface area contributed by atoms with E-state index in [9.17, 15) is 14.7 Å². The summed E-state index contributed by atoms with van der Waals surface area (Å²) >= 11 is 0. The van der Waals surface area contributed by atoms with Gasteiger partial charge >= 0.3 is 6.09 Å². The van der Waals surface area contributed by atoms with Crippen molar-refractivity contribution in [2.45, 2.75) is 73.1 Å². The van der Waals surface area contributed by atoms with E-state index >= 15 is 0 Å². The van der Waals surface area contributed by atoms with E-state index in [2.05, 4.69) is 12.2 Å². The topological polar surface area (TPSA) is 89.8 Å². The summed E-state index contributed by atoms with van der Waals surface area (Å²) in [6, 6.07) is 4.62. The molecule has 0 spiro atoms. The largest absolute Gasteiger partial charge is 0.508 e. The molecule has 0 radical (unpaired) electrons. The number of fused-ring (bicyclic) bond motifs is 1. The highest BCUT2D eigenvalue weighted by Gasteiger charge is 2.22. The SMILES string of the molecule is CCCCOc1c(COC(=O)NC(C)(C)C)n(CC(C)C)c(=O)c2ccc(O)cc12. The zero-order valence-electron chi connectivity index (χ0n) is 18.9. The number of benzene rings is 1. The fraction of sp³-hybridized carbons (Fsp3) is 0.565. The summed E-state index contributed by atoms with van der Waals surface area (Å²) in [6.45, 7) is 12.5. The predicted octanol–water partition coefficient (Wildman–Crippen LogP) is 4.57. The number of hydrogen-bond donors (Lipinski definition) is 2.